The molecule has 1 saturated carbocycles. The highest BCUT2D eigenvalue weighted by atomic mass is 16.5. The van der Waals surface area contributed by atoms with E-state index in [1.165, 1.54) is 0 Å². The highest BCUT2D eigenvalue weighted by Crippen LogP contribution is 2.54. The van der Waals surface area contributed by atoms with Crippen LogP contribution in [0.3, 0.4) is 0 Å². The van der Waals surface area contributed by atoms with Gasteiger partial charge in [0, 0.05) is 11.8 Å². The van der Waals surface area contributed by atoms with Crippen molar-refractivity contribution in [2.24, 2.45) is 11.8 Å². The van der Waals surface area contributed by atoms with Crippen LogP contribution in [0.5, 0.6) is 0 Å². The van der Waals surface area contributed by atoms with Crippen molar-refractivity contribution in [2.45, 2.75) is 19.8 Å². The molecule has 1 aromatic carbocycles. The SMILES string of the molecule is CCOC(=O)C1C(C(C)=O)C1c1ccccc1. The topological polar surface area (TPSA) is 43.4 Å². The predicted molar refractivity (Wildman–Crippen MR) is 63.5 cm³/mol. The minimum Gasteiger partial charge on any atom is -0.466 e. The Morgan fingerprint density at radius 3 is 2.35 bits per heavy atom. The Morgan fingerprint density at radius 2 is 1.82 bits per heavy atom. The molecule has 0 radical (unpaired) electrons. The molecule has 3 atom stereocenters. The second-order valence-electron chi connectivity index (χ2n) is 4.35. The Morgan fingerprint density at radius 1 is 1.18 bits per heavy atom. The Hall–Kier alpha value is -1.64. The third-order valence-corrected chi connectivity index (χ3v) is 3.23. The van der Waals surface area contributed by atoms with E-state index in [1.54, 1.807) is 13.8 Å². The quantitative estimate of drug-likeness (QED) is 0.747. The molecule has 1 fully saturated rings. The highest BCUT2D eigenvalue weighted by Gasteiger charge is 2.58. The first kappa shape index (κ1) is 11.8. The van der Waals surface area contributed by atoms with E-state index >= 15 is 0 Å². The molecule has 0 aliphatic heterocycles. The smallest absolute Gasteiger partial charge is 0.310 e. The van der Waals surface area contributed by atoms with Crippen LogP contribution in [-0.2, 0) is 14.3 Å². The molecular formula is C14H16O3. The standard InChI is InChI=1S/C14H16O3/c1-3-17-14(16)13-11(9(2)15)12(13)10-7-5-4-6-8-10/h4-8,11-13H,3H2,1-2H3. The summed E-state index contributed by atoms with van der Waals surface area (Å²) in [6.07, 6.45) is 0. The molecule has 0 bridgehead atoms. The van der Waals surface area contributed by atoms with Crippen molar-refractivity contribution >= 4 is 11.8 Å². The molecule has 0 amide bonds. The van der Waals surface area contributed by atoms with Gasteiger partial charge >= 0.3 is 5.97 Å². The molecule has 3 heteroatoms. The minimum absolute atomic E-state index is 0.00718. The van der Waals surface area contributed by atoms with Crippen LogP contribution in [0.1, 0.15) is 25.3 Å². The first-order chi connectivity index (χ1) is 8.16. The van der Waals surface area contributed by atoms with Gasteiger partial charge < -0.3 is 4.74 Å². The number of ether oxygens (including phenoxy) is 1. The summed E-state index contributed by atoms with van der Waals surface area (Å²) in [5, 5.41) is 0. The van der Waals surface area contributed by atoms with Crippen molar-refractivity contribution < 1.29 is 14.3 Å². The Balaban J connectivity index is 2.18. The summed E-state index contributed by atoms with van der Waals surface area (Å²) in [5.41, 5.74) is 1.05. The van der Waals surface area contributed by atoms with Gasteiger partial charge in [0.2, 0.25) is 0 Å². The third-order valence-electron chi connectivity index (χ3n) is 3.23. The fourth-order valence-electron chi connectivity index (χ4n) is 2.44. The van der Waals surface area contributed by atoms with Crippen LogP contribution in [-0.4, -0.2) is 18.4 Å². The van der Waals surface area contributed by atoms with Crippen LogP contribution in [0, 0.1) is 11.8 Å². The zero-order valence-corrected chi connectivity index (χ0v) is 10.1. The summed E-state index contributed by atoms with van der Waals surface area (Å²) in [6.45, 7) is 3.68. The summed E-state index contributed by atoms with van der Waals surface area (Å²) in [6, 6.07) is 9.69. The number of carbonyl (C=O) groups is 2. The largest absolute Gasteiger partial charge is 0.466 e. The lowest BCUT2D eigenvalue weighted by Gasteiger charge is -2.00. The average Bonchev–Trinajstić information content (AvgIpc) is 3.06. The van der Waals surface area contributed by atoms with Gasteiger partial charge in [0.1, 0.15) is 5.78 Å². The van der Waals surface area contributed by atoms with Crippen molar-refractivity contribution in [3.63, 3.8) is 0 Å². The molecular weight excluding hydrogens is 216 g/mol. The van der Waals surface area contributed by atoms with E-state index in [0.29, 0.717) is 6.61 Å². The lowest BCUT2D eigenvalue weighted by atomic mass is 10.1. The summed E-state index contributed by atoms with van der Waals surface area (Å²) >= 11 is 0. The molecule has 3 nitrogen and oxygen atoms in total. The number of hydrogen-bond acceptors (Lipinski definition) is 3. The van der Waals surface area contributed by atoms with Crippen LogP contribution >= 0.6 is 0 Å². The van der Waals surface area contributed by atoms with E-state index in [1.807, 2.05) is 30.3 Å². The Labute approximate surface area is 101 Å². The Kier molecular flexibility index (Phi) is 3.27. The van der Waals surface area contributed by atoms with Crippen molar-refractivity contribution in [3.8, 4) is 0 Å². The molecule has 17 heavy (non-hydrogen) atoms. The van der Waals surface area contributed by atoms with E-state index < -0.39 is 0 Å². The van der Waals surface area contributed by atoms with Crippen molar-refractivity contribution in [3.05, 3.63) is 35.9 Å². The number of carbonyl (C=O) groups excluding carboxylic acids is 2. The highest BCUT2D eigenvalue weighted by molar-refractivity contribution is 5.92. The maximum absolute atomic E-state index is 11.7. The van der Waals surface area contributed by atoms with Crippen LogP contribution < -0.4 is 0 Å². The van der Waals surface area contributed by atoms with Gasteiger partial charge in [0.15, 0.2) is 0 Å². The molecule has 90 valence electrons. The second kappa shape index (κ2) is 4.70. The van der Waals surface area contributed by atoms with Crippen molar-refractivity contribution in [1.82, 2.24) is 0 Å². The molecule has 3 unspecified atom stereocenters. The van der Waals surface area contributed by atoms with Crippen LogP contribution in [0.4, 0.5) is 0 Å². The van der Waals surface area contributed by atoms with Gasteiger partial charge in [-0.05, 0) is 19.4 Å². The molecule has 0 aromatic heterocycles. The van der Waals surface area contributed by atoms with Crippen molar-refractivity contribution in [2.75, 3.05) is 6.61 Å². The van der Waals surface area contributed by atoms with Crippen LogP contribution in [0.25, 0.3) is 0 Å². The number of benzene rings is 1. The van der Waals surface area contributed by atoms with E-state index in [9.17, 15) is 9.59 Å². The molecule has 0 N–H and O–H groups in total. The van der Waals surface area contributed by atoms with Gasteiger partial charge in [0.25, 0.3) is 0 Å². The monoisotopic (exact) mass is 232 g/mol. The fraction of sp³-hybridized carbons (Fsp3) is 0.429. The minimum atomic E-state index is -0.283. The molecule has 0 spiro atoms. The Bertz CT molecular complexity index is 424. The second-order valence-corrected chi connectivity index (χ2v) is 4.35. The van der Waals surface area contributed by atoms with Gasteiger partial charge in [-0.15, -0.1) is 0 Å². The fourth-order valence-corrected chi connectivity index (χ4v) is 2.44. The molecule has 1 aromatic rings. The number of ketones is 1. The maximum atomic E-state index is 11.7. The number of Topliss-reactive ketones (excluding diaryl/α,β-unsaturated/α-hetero) is 1. The summed E-state index contributed by atoms with van der Waals surface area (Å²) < 4.78 is 5.01. The van der Waals surface area contributed by atoms with E-state index in [2.05, 4.69) is 0 Å². The lowest BCUT2D eigenvalue weighted by molar-refractivity contribution is -0.145. The third kappa shape index (κ3) is 2.23. The zero-order chi connectivity index (χ0) is 12.4. The van der Waals surface area contributed by atoms with Gasteiger partial charge in [-0.2, -0.15) is 0 Å². The molecule has 1 aliphatic carbocycles. The van der Waals surface area contributed by atoms with E-state index in [0.717, 1.165) is 5.56 Å². The van der Waals surface area contributed by atoms with Crippen molar-refractivity contribution in [1.29, 1.82) is 0 Å². The maximum Gasteiger partial charge on any atom is 0.310 e. The molecule has 1 aliphatic rings. The first-order valence-electron chi connectivity index (χ1n) is 5.88. The molecule has 0 heterocycles. The van der Waals surface area contributed by atoms with E-state index in [-0.39, 0.29) is 29.5 Å². The van der Waals surface area contributed by atoms with Crippen LogP contribution in [0.15, 0.2) is 30.3 Å². The number of hydrogen-bond donors (Lipinski definition) is 0. The van der Waals surface area contributed by atoms with Gasteiger partial charge in [-0.3, -0.25) is 9.59 Å². The van der Waals surface area contributed by atoms with Gasteiger partial charge in [-0.25, -0.2) is 0 Å². The first-order valence-corrected chi connectivity index (χ1v) is 5.88. The summed E-state index contributed by atoms with van der Waals surface area (Å²) in [7, 11) is 0. The zero-order valence-electron chi connectivity index (χ0n) is 10.1. The summed E-state index contributed by atoms with van der Waals surface area (Å²) in [4.78, 5) is 23.2. The lowest BCUT2D eigenvalue weighted by Crippen LogP contribution is -2.10. The summed E-state index contributed by atoms with van der Waals surface area (Å²) in [5.74, 6) is -0.655. The predicted octanol–water partition coefficient (Wildman–Crippen LogP) is 2.17. The van der Waals surface area contributed by atoms with Crippen LogP contribution in [0.2, 0.25) is 0 Å². The van der Waals surface area contributed by atoms with Gasteiger partial charge in [0.05, 0.1) is 12.5 Å². The number of rotatable bonds is 4. The van der Waals surface area contributed by atoms with E-state index in [4.69, 9.17) is 4.74 Å². The normalized spacial score (nSPS) is 26.4. The van der Waals surface area contributed by atoms with Gasteiger partial charge in [-0.1, -0.05) is 30.3 Å². The molecule has 0 saturated heterocycles. The molecule has 2 rings (SSSR count). The number of esters is 1. The average molecular weight is 232 g/mol.